The normalized spacial score (nSPS) is 14.0. The Bertz CT molecular complexity index is 883. The number of carbonyl (C=O) groups excluding carboxylic acids is 1. The van der Waals surface area contributed by atoms with E-state index in [1.54, 1.807) is 11.6 Å². The minimum Gasteiger partial charge on any atom is -0.496 e. The molecular weight excluding hydrogens is 292 g/mol. The van der Waals surface area contributed by atoms with Crippen LogP contribution >= 0.6 is 0 Å². The van der Waals surface area contributed by atoms with Gasteiger partial charge in [0.05, 0.1) is 12.8 Å². The summed E-state index contributed by atoms with van der Waals surface area (Å²) in [6, 6.07) is 13.5. The van der Waals surface area contributed by atoms with Crippen LogP contribution in [0.1, 0.15) is 12.8 Å². The molecular formula is C17H16N4O2. The van der Waals surface area contributed by atoms with Crippen LogP contribution in [0.15, 0.2) is 42.5 Å². The smallest absolute Gasteiger partial charge is 0.249 e. The minimum atomic E-state index is -0.000234. The number of fused-ring (bicyclic) bond motifs is 1. The number of pyridine rings is 1. The Morgan fingerprint density at radius 2 is 2.04 bits per heavy atom. The molecule has 1 fully saturated rings. The second kappa shape index (κ2) is 5.39. The van der Waals surface area contributed by atoms with Crippen LogP contribution in [0.25, 0.3) is 16.9 Å². The van der Waals surface area contributed by atoms with Gasteiger partial charge in [-0.15, -0.1) is 5.10 Å². The van der Waals surface area contributed by atoms with Crippen molar-refractivity contribution in [3.8, 4) is 17.0 Å². The van der Waals surface area contributed by atoms with Crippen molar-refractivity contribution in [3.63, 3.8) is 0 Å². The molecule has 2 heterocycles. The van der Waals surface area contributed by atoms with Crippen molar-refractivity contribution in [2.24, 2.45) is 5.92 Å². The molecule has 1 N–H and O–H groups in total. The summed E-state index contributed by atoms with van der Waals surface area (Å²) in [7, 11) is 1.64. The van der Waals surface area contributed by atoms with E-state index in [1.807, 2.05) is 42.5 Å². The van der Waals surface area contributed by atoms with Gasteiger partial charge in [-0.2, -0.15) is 4.98 Å². The average molecular weight is 308 g/mol. The number of methoxy groups -OCH3 is 1. The third kappa shape index (κ3) is 2.52. The van der Waals surface area contributed by atoms with E-state index in [9.17, 15) is 4.79 Å². The van der Waals surface area contributed by atoms with Gasteiger partial charge < -0.3 is 4.74 Å². The monoisotopic (exact) mass is 308 g/mol. The molecule has 0 aliphatic heterocycles. The second-order valence-electron chi connectivity index (χ2n) is 5.58. The Balaban J connectivity index is 1.78. The highest BCUT2D eigenvalue weighted by Gasteiger charge is 2.30. The SMILES string of the molecule is COc1ccccc1-c1cccc2nc(NC(=O)C3CC3)nn12. The van der Waals surface area contributed by atoms with Crippen LogP contribution in [0.3, 0.4) is 0 Å². The number of rotatable bonds is 4. The summed E-state index contributed by atoms with van der Waals surface area (Å²) in [6.45, 7) is 0. The molecule has 6 nitrogen and oxygen atoms in total. The Morgan fingerprint density at radius 3 is 2.83 bits per heavy atom. The molecule has 1 aromatic carbocycles. The average Bonchev–Trinajstić information content (AvgIpc) is 3.35. The number of benzene rings is 1. The standard InChI is InChI=1S/C17H16N4O2/c1-23-14-7-3-2-5-12(14)13-6-4-8-15-18-17(20-21(13)15)19-16(22)11-9-10-11/h2-8,11H,9-10H2,1H3,(H,19,20,22). The van der Waals surface area contributed by atoms with Crippen molar-refractivity contribution in [1.29, 1.82) is 0 Å². The molecule has 1 aliphatic rings. The molecule has 0 atom stereocenters. The van der Waals surface area contributed by atoms with Crippen LogP contribution in [-0.2, 0) is 4.79 Å². The second-order valence-corrected chi connectivity index (χ2v) is 5.58. The number of hydrogen-bond acceptors (Lipinski definition) is 4. The van der Waals surface area contributed by atoms with E-state index in [4.69, 9.17) is 4.74 Å². The summed E-state index contributed by atoms with van der Waals surface area (Å²) in [5, 5.41) is 7.22. The number of ether oxygens (including phenoxy) is 1. The van der Waals surface area contributed by atoms with E-state index in [0.29, 0.717) is 11.6 Å². The van der Waals surface area contributed by atoms with Gasteiger partial charge in [0.1, 0.15) is 5.75 Å². The molecule has 0 spiro atoms. The topological polar surface area (TPSA) is 68.5 Å². The first kappa shape index (κ1) is 13.8. The van der Waals surface area contributed by atoms with Crippen LogP contribution in [-0.4, -0.2) is 27.6 Å². The van der Waals surface area contributed by atoms with E-state index >= 15 is 0 Å². The summed E-state index contributed by atoms with van der Waals surface area (Å²) >= 11 is 0. The molecule has 0 saturated heterocycles. The van der Waals surface area contributed by atoms with Gasteiger partial charge in [0.15, 0.2) is 5.65 Å². The van der Waals surface area contributed by atoms with Gasteiger partial charge in [-0.1, -0.05) is 18.2 Å². The Morgan fingerprint density at radius 1 is 1.22 bits per heavy atom. The molecule has 0 bridgehead atoms. The van der Waals surface area contributed by atoms with Crippen molar-refractivity contribution in [2.45, 2.75) is 12.8 Å². The zero-order valence-corrected chi connectivity index (χ0v) is 12.7. The van der Waals surface area contributed by atoms with Gasteiger partial charge in [0, 0.05) is 11.5 Å². The zero-order valence-electron chi connectivity index (χ0n) is 12.7. The van der Waals surface area contributed by atoms with Crippen LogP contribution in [0, 0.1) is 5.92 Å². The first-order chi connectivity index (χ1) is 11.3. The van der Waals surface area contributed by atoms with Gasteiger partial charge in [-0.05, 0) is 37.1 Å². The lowest BCUT2D eigenvalue weighted by Crippen LogP contribution is -2.14. The maximum Gasteiger partial charge on any atom is 0.249 e. The molecule has 3 aromatic rings. The van der Waals surface area contributed by atoms with E-state index < -0.39 is 0 Å². The number of carbonyl (C=O) groups is 1. The lowest BCUT2D eigenvalue weighted by Gasteiger charge is -2.09. The van der Waals surface area contributed by atoms with Gasteiger partial charge in [0.25, 0.3) is 0 Å². The van der Waals surface area contributed by atoms with Crippen LogP contribution in [0.2, 0.25) is 0 Å². The minimum absolute atomic E-state index is 0.000234. The van der Waals surface area contributed by atoms with E-state index in [-0.39, 0.29) is 11.8 Å². The number of hydrogen-bond donors (Lipinski definition) is 1. The number of aromatic nitrogens is 3. The molecule has 0 radical (unpaired) electrons. The molecule has 23 heavy (non-hydrogen) atoms. The summed E-state index contributed by atoms with van der Waals surface area (Å²) in [6.07, 6.45) is 1.90. The van der Waals surface area contributed by atoms with Gasteiger partial charge in [-0.3, -0.25) is 10.1 Å². The summed E-state index contributed by atoms with van der Waals surface area (Å²) in [4.78, 5) is 16.3. The number of nitrogens with zero attached hydrogens (tertiary/aromatic N) is 3. The van der Waals surface area contributed by atoms with Crippen molar-refractivity contribution in [1.82, 2.24) is 14.6 Å². The molecule has 1 amide bonds. The van der Waals surface area contributed by atoms with Gasteiger partial charge >= 0.3 is 0 Å². The number of para-hydroxylation sites is 1. The number of anilines is 1. The Labute approximate surface area is 133 Å². The highest BCUT2D eigenvalue weighted by atomic mass is 16.5. The molecule has 4 rings (SSSR count). The quantitative estimate of drug-likeness (QED) is 0.804. The first-order valence-electron chi connectivity index (χ1n) is 7.56. The van der Waals surface area contributed by atoms with E-state index in [2.05, 4.69) is 15.4 Å². The molecule has 1 aliphatic carbocycles. The third-order valence-corrected chi connectivity index (χ3v) is 3.93. The largest absolute Gasteiger partial charge is 0.496 e. The zero-order chi connectivity index (χ0) is 15.8. The van der Waals surface area contributed by atoms with Crippen LogP contribution in [0.5, 0.6) is 5.75 Å². The lowest BCUT2D eigenvalue weighted by molar-refractivity contribution is -0.117. The molecule has 1 saturated carbocycles. The third-order valence-electron chi connectivity index (χ3n) is 3.93. The molecule has 2 aromatic heterocycles. The molecule has 116 valence electrons. The van der Waals surface area contributed by atoms with E-state index in [0.717, 1.165) is 29.8 Å². The maximum atomic E-state index is 11.9. The fraction of sp³-hybridized carbons (Fsp3) is 0.235. The summed E-state index contributed by atoms with van der Waals surface area (Å²) < 4.78 is 7.15. The Hall–Kier alpha value is -2.89. The van der Waals surface area contributed by atoms with Crippen molar-refractivity contribution < 1.29 is 9.53 Å². The van der Waals surface area contributed by atoms with Crippen molar-refractivity contribution in [3.05, 3.63) is 42.5 Å². The van der Waals surface area contributed by atoms with Gasteiger partial charge in [-0.25, -0.2) is 4.52 Å². The summed E-state index contributed by atoms with van der Waals surface area (Å²) in [5.74, 6) is 1.22. The van der Waals surface area contributed by atoms with E-state index in [1.165, 1.54) is 0 Å². The Kier molecular flexibility index (Phi) is 3.22. The summed E-state index contributed by atoms with van der Waals surface area (Å²) in [5.41, 5.74) is 2.46. The van der Waals surface area contributed by atoms with Gasteiger partial charge in [0.2, 0.25) is 11.9 Å². The lowest BCUT2D eigenvalue weighted by atomic mass is 10.1. The fourth-order valence-corrected chi connectivity index (χ4v) is 2.58. The molecule has 6 heteroatoms. The predicted octanol–water partition coefficient (Wildman–Crippen LogP) is 2.75. The van der Waals surface area contributed by atoms with Crippen LogP contribution in [0.4, 0.5) is 5.95 Å². The molecule has 0 unspecified atom stereocenters. The highest BCUT2D eigenvalue weighted by Crippen LogP contribution is 2.31. The first-order valence-corrected chi connectivity index (χ1v) is 7.56. The van der Waals surface area contributed by atoms with Crippen molar-refractivity contribution >= 4 is 17.5 Å². The maximum absolute atomic E-state index is 11.9. The fourth-order valence-electron chi connectivity index (χ4n) is 2.58. The van der Waals surface area contributed by atoms with Crippen molar-refractivity contribution in [2.75, 3.05) is 12.4 Å². The van der Waals surface area contributed by atoms with Crippen LogP contribution < -0.4 is 10.1 Å². The highest BCUT2D eigenvalue weighted by molar-refractivity contribution is 5.92. The predicted molar refractivity (Wildman–Crippen MR) is 86.3 cm³/mol. The number of nitrogens with one attached hydrogen (secondary N) is 1. The number of amides is 1.